The number of carbonyl (C=O) groups is 2. The molecule has 0 aliphatic carbocycles. The Labute approximate surface area is 169 Å². The average molecular weight is 399 g/mol. The van der Waals surface area contributed by atoms with Crippen LogP contribution in [0, 0.1) is 0 Å². The second kappa shape index (κ2) is 8.89. The van der Waals surface area contributed by atoms with Gasteiger partial charge in [0.2, 0.25) is 5.91 Å². The molecule has 0 bridgehead atoms. The van der Waals surface area contributed by atoms with E-state index < -0.39 is 0 Å². The monoisotopic (exact) mass is 398 g/mol. The van der Waals surface area contributed by atoms with Crippen molar-refractivity contribution in [3.8, 4) is 0 Å². The molecule has 0 fully saturated rings. The van der Waals surface area contributed by atoms with E-state index in [4.69, 9.17) is 11.6 Å². The minimum absolute atomic E-state index is 0.151. The molecular weight excluding hydrogens is 376 g/mol. The average Bonchev–Trinajstić information content (AvgIpc) is 2.71. The molecule has 0 atom stereocenters. The number of amides is 2. The Balaban J connectivity index is 1.73. The molecule has 1 N–H and O–H groups in total. The fraction of sp³-hybridized carbons (Fsp3) is 0.286. The molecule has 2 amide bonds. The quantitative estimate of drug-likeness (QED) is 0.788. The highest BCUT2D eigenvalue weighted by atomic mass is 35.5. The zero-order valence-electron chi connectivity index (χ0n) is 16.0. The normalized spacial score (nSPS) is 13.9. The molecule has 0 aromatic heterocycles. The first-order valence-corrected chi connectivity index (χ1v) is 9.72. The van der Waals surface area contributed by atoms with Crippen LogP contribution in [0.2, 0.25) is 5.02 Å². The number of carbonyl (C=O) groups excluding carboxylic acids is 2. The Morgan fingerprint density at radius 3 is 2.32 bits per heavy atom. The Hall–Kier alpha value is -2.86. The second-order valence-corrected chi connectivity index (χ2v) is 6.84. The smallest absolute Gasteiger partial charge is 0.271 e. The molecule has 0 spiro atoms. The van der Waals surface area contributed by atoms with Crippen molar-refractivity contribution >= 4 is 46.2 Å². The third kappa shape index (κ3) is 4.51. The Bertz CT molecular complexity index is 874. The number of nitrogens with zero attached hydrogens (tertiary/aromatic N) is 3. The van der Waals surface area contributed by atoms with E-state index >= 15 is 0 Å². The minimum Gasteiger partial charge on any atom is -0.372 e. The van der Waals surface area contributed by atoms with Crippen molar-refractivity contribution < 1.29 is 9.59 Å². The van der Waals surface area contributed by atoms with E-state index in [1.54, 1.807) is 24.3 Å². The zero-order chi connectivity index (χ0) is 20.1. The molecule has 1 heterocycles. The molecule has 0 unspecified atom stereocenters. The van der Waals surface area contributed by atoms with Gasteiger partial charge >= 0.3 is 0 Å². The van der Waals surface area contributed by atoms with Crippen molar-refractivity contribution in [2.45, 2.75) is 26.7 Å². The molecule has 6 nitrogen and oxygen atoms in total. The molecule has 146 valence electrons. The first-order valence-electron chi connectivity index (χ1n) is 9.34. The van der Waals surface area contributed by atoms with E-state index in [-0.39, 0.29) is 18.2 Å². The molecule has 1 aliphatic rings. The van der Waals surface area contributed by atoms with Gasteiger partial charge in [0, 0.05) is 42.3 Å². The number of rotatable bonds is 6. The van der Waals surface area contributed by atoms with E-state index in [1.165, 1.54) is 5.01 Å². The van der Waals surface area contributed by atoms with Crippen LogP contribution in [0.5, 0.6) is 0 Å². The third-order valence-corrected chi connectivity index (χ3v) is 4.87. The van der Waals surface area contributed by atoms with Gasteiger partial charge in [-0.25, -0.2) is 5.01 Å². The lowest BCUT2D eigenvalue weighted by Gasteiger charge is -2.23. The number of benzene rings is 2. The summed E-state index contributed by atoms with van der Waals surface area (Å²) >= 11 is 5.90. The van der Waals surface area contributed by atoms with E-state index in [9.17, 15) is 9.59 Å². The maximum atomic E-state index is 12.6. The number of anilines is 3. The second-order valence-electron chi connectivity index (χ2n) is 6.40. The van der Waals surface area contributed by atoms with Crippen molar-refractivity contribution in [1.82, 2.24) is 0 Å². The molecule has 3 rings (SSSR count). The third-order valence-electron chi connectivity index (χ3n) is 4.62. The maximum Gasteiger partial charge on any atom is 0.271 e. The van der Waals surface area contributed by atoms with Crippen LogP contribution in [0.4, 0.5) is 17.1 Å². The summed E-state index contributed by atoms with van der Waals surface area (Å²) in [5.41, 5.74) is 2.71. The summed E-state index contributed by atoms with van der Waals surface area (Å²) in [7, 11) is 0. The van der Waals surface area contributed by atoms with Crippen molar-refractivity contribution in [2.24, 2.45) is 5.10 Å². The van der Waals surface area contributed by atoms with Crippen molar-refractivity contribution in [1.29, 1.82) is 0 Å². The summed E-state index contributed by atoms with van der Waals surface area (Å²) in [6.45, 7) is 6.06. The van der Waals surface area contributed by atoms with E-state index in [0.29, 0.717) is 28.5 Å². The summed E-state index contributed by atoms with van der Waals surface area (Å²) in [5.74, 6) is -0.454. The van der Waals surface area contributed by atoms with Gasteiger partial charge in [-0.05, 0) is 62.4 Å². The van der Waals surface area contributed by atoms with Crippen LogP contribution < -0.4 is 15.2 Å². The molecule has 0 saturated heterocycles. The zero-order valence-corrected chi connectivity index (χ0v) is 16.7. The van der Waals surface area contributed by atoms with Crippen LogP contribution in [-0.4, -0.2) is 30.6 Å². The van der Waals surface area contributed by atoms with E-state index in [0.717, 1.165) is 18.8 Å². The number of nitrogens with one attached hydrogen (secondary N) is 1. The van der Waals surface area contributed by atoms with E-state index in [1.807, 2.05) is 24.3 Å². The first kappa shape index (κ1) is 19.9. The van der Waals surface area contributed by atoms with Crippen LogP contribution in [0.1, 0.15) is 26.7 Å². The summed E-state index contributed by atoms with van der Waals surface area (Å²) < 4.78 is 0. The molecule has 0 radical (unpaired) electrons. The highest BCUT2D eigenvalue weighted by molar-refractivity contribution is 6.44. The predicted octanol–water partition coefficient (Wildman–Crippen LogP) is 4.31. The highest BCUT2D eigenvalue weighted by Gasteiger charge is 2.25. The van der Waals surface area contributed by atoms with Gasteiger partial charge in [0.1, 0.15) is 5.71 Å². The topological polar surface area (TPSA) is 65.0 Å². The molecule has 0 saturated carbocycles. The number of hydrogen-bond acceptors (Lipinski definition) is 4. The molecule has 2 aromatic rings. The fourth-order valence-corrected chi connectivity index (χ4v) is 3.17. The van der Waals surface area contributed by atoms with Crippen LogP contribution in [-0.2, 0) is 9.59 Å². The Morgan fingerprint density at radius 2 is 1.71 bits per heavy atom. The summed E-state index contributed by atoms with van der Waals surface area (Å²) in [4.78, 5) is 27.1. The summed E-state index contributed by atoms with van der Waals surface area (Å²) in [5, 5.41) is 8.97. The molecule has 7 heteroatoms. The van der Waals surface area contributed by atoms with Gasteiger partial charge in [-0.3, -0.25) is 9.59 Å². The summed E-state index contributed by atoms with van der Waals surface area (Å²) in [6, 6.07) is 14.5. The number of halogens is 1. The van der Waals surface area contributed by atoms with Crippen LogP contribution in [0.25, 0.3) is 0 Å². The van der Waals surface area contributed by atoms with Crippen LogP contribution in [0.15, 0.2) is 53.6 Å². The van der Waals surface area contributed by atoms with Gasteiger partial charge in [0.25, 0.3) is 5.91 Å². The molecular formula is C21H23ClN4O2. The van der Waals surface area contributed by atoms with Gasteiger partial charge in [0.05, 0.1) is 5.69 Å². The molecule has 2 aromatic carbocycles. The SMILES string of the molecule is CCN(CC)c1ccc(NC(=O)C2=NN(c3ccc(Cl)cc3)C(=O)CC2)cc1. The lowest BCUT2D eigenvalue weighted by molar-refractivity contribution is -0.118. The molecule has 1 aliphatic heterocycles. The van der Waals surface area contributed by atoms with Gasteiger partial charge in [-0.2, -0.15) is 5.10 Å². The number of hydrazone groups is 1. The van der Waals surface area contributed by atoms with Crippen LogP contribution in [0.3, 0.4) is 0 Å². The van der Waals surface area contributed by atoms with Gasteiger partial charge in [-0.1, -0.05) is 11.6 Å². The largest absolute Gasteiger partial charge is 0.372 e. The predicted molar refractivity (Wildman–Crippen MR) is 114 cm³/mol. The van der Waals surface area contributed by atoms with E-state index in [2.05, 4.69) is 29.2 Å². The lowest BCUT2D eigenvalue weighted by Crippen LogP contribution is -2.36. The van der Waals surface area contributed by atoms with Crippen molar-refractivity contribution in [3.05, 3.63) is 53.6 Å². The van der Waals surface area contributed by atoms with Crippen LogP contribution >= 0.6 is 11.6 Å². The highest BCUT2D eigenvalue weighted by Crippen LogP contribution is 2.23. The van der Waals surface area contributed by atoms with Crippen molar-refractivity contribution in [2.75, 3.05) is 28.3 Å². The standard InChI is InChI=1S/C21H23ClN4O2/c1-3-25(4-2)17-11-7-16(8-12-17)23-21(28)19-13-14-20(27)26(24-19)18-9-5-15(22)6-10-18/h5-12H,3-4,13-14H2,1-2H3,(H,23,28). The maximum absolute atomic E-state index is 12.6. The number of hydrogen-bond donors (Lipinski definition) is 1. The summed E-state index contributed by atoms with van der Waals surface area (Å²) in [6.07, 6.45) is 0.544. The lowest BCUT2D eigenvalue weighted by atomic mass is 10.1. The Morgan fingerprint density at radius 1 is 1.07 bits per heavy atom. The minimum atomic E-state index is -0.304. The fourth-order valence-electron chi connectivity index (χ4n) is 3.05. The first-order chi connectivity index (χ1) is 13.5. The van der Waals surface area contributed by atoms with Crippen molar-refractivity contribution in [3.63, 3.8) is 0 Å². The van der Waals surface area contributed by atoms with Gasteiger partial charge < -0.3 is 10.2 Å². The van der Waals surface area contributed by atoms with Gasteiger partial charge in [-0.15, -0.1) is 0 Å². The van der Waals surface area contributed by atoms with Gasteiger partial charge in [0.15, 0.2) is 0 Å². The molecule has 28 heavy (non-hydrogen) atoms. The Kier molecular flexibility index (Phi) is 6.31.